The fraction of sp³-hybridized carbons (Fsp3) is 0.118. The third-order valence-corrected chi connectivity index (χ3v) is 3.23. The third kappa shape index (κ3) is 5.88. The van der Waals surface area contributed by atoms with Gasteiger partial charge in [0.2, 0.25) is 5.91 Å². The van der Waals surface area contributed by atoms with E-state index in [1.54, 1.807) is 24.3 Å². The topological polar surface area (TPSA) is 70.2 Å². The van der Waals surface area contributed by atoms with E-state index in [1.165, 1.54) is 0 Å². The number of Topliss-reactive ketones (excluding diaryl/α,β-unsaturated/α-hetero) is 1. The summed E-state index contributed by atoms with van der Waals surface area (Å²) in [7, 11) is 0. The Hall–Kier alpha value is -2.73. The fourth-order valence-corrected chi connectivity index (χ4v) is 2.04. The number of hydrogen-bond acceptors (Lipinski definition) is 3. The number of hydrogen-bond donors (Lipinski definition) is 3. The van der Waals surface area contributed by atoms with Crippen molar-refractivity contribution < 1.29 is 9.59 Å². The van der Waals surface area contributed by atoms with Gasteiger partial charge in [-0.1, -0.05) is 48.5 Å². The molecule has 0 aromatic heterocycles. The summed E-state index contributed by atoms with van der Waals surface area (Å²) < 4.78 is 0. The van der Waals surface area contributed by atoms with Crippen LogP contribution in [0.2, 0.25) is 0 Å². The van der Waals surface area contributed by atoms with E-state index in [-0.39, 0.29) is 29.6 Å². The van der Waals surface area contributed by atoms with Gasteiger partial charge in [-0.05, 0) is 24.4 Å². The van der Waals surface area contributed by atoms with E-state index in [2.05, 4.69) is 16.2 Å². The van der Waals surface area contributed by atoms with Gasteiger partial charge >= 0.3 is 0 Å². The summed E-state index contributed by atoms with van der Waals surface area (Å²) >= 11 is 5.06. The Morgan fingerprint density at radius 1 is 0.826 bits per heavy atom. The van der Waals surface area contributed by atoms with Gasteiger partial charge < -0.3 is 5.32 Å². The third-order valence-electron chi connectivity index (χ3n) is 3.02. The minimum absolute atomic E-state index is 0.0641. The van der Waals surface area contributed by atoms with Gasteiger partial charge in [-0.25, -0.2) is 0 Å². The average molecular weight is 327 g/mol. The summed E-state index contributed by atoms with van der Waals surface area (Å²) in [6, 6.07) is 18.3. The zero-order chi connectivity index (χ0) is 16.5. The first kappa shape index (κ1) is 16.6. The molecule has 2 aromatic carbocycles. The molecule has 6 heteroatoms. The predicted molar refractivity (Wildman–Crippen MR) is 93.9 cm³/mol. The highest BCUT2D eigenvalue weighted by molar-refractivity contribution is 7.80. The molecule has 0 bridgehead atoms. The van der Waals surface area contributed by atoms with Crippen molar-refractivity contribution in [2.24, 2.45) is 0 Å². The second-order valence-electron chi connectivity index (χ2n) is 4.78. The molecule has 0 aliphatic carbocycles. The van der Waals surface area contributed by atoms with E-state index in [9.17, 15) is 9.59 Å². The van der Waals surface area contributed by atoms with E-state index in [4.69, 9.17) is 12.2 Å². The number of nitrogens with one attached hydrogen (secondary N) is 3. The van der Waals surface area contributed by atoms with Crippen LogP contribution < -0.4 is 16.2 Å². The molecule has 5 nitrogen and oxygen atoms in total. The van der Waals surface area contributed by atoms with Gasteiger partial charge in [-0.2, -0.15) is 0 Å². The van der Waals surface area contributed by atoms with Crippen LogP contribution in [0.25, 0.3) is 0 Å². The van der Waals surface area contributed by atoms with Crippen LogP contribution in [0.15, 0.2) is 60.7 Å². The molecule has 0 unspecified atom stereocenters. The van der Waals surface area contributed by atoms with Crippen molar-refractivity contribution in [3.63, 3.8) is 0 Å². The first-order valence-corrected chi connectivity index (χ1v) is 7.55. The highest BCUT2D eigenvalue weighted by Crippen LogP contribution is 2.05. The number of ketones is 1. The van der Waals surface area contributed by atoms with Crippen molar-refractivity contribution >= 4 is 34.7 Å². The zero-order valence-corrected chi connectivity index (χ0v) is 13.2. The molecule has 0 fully saturated rings. The molecule has 2 rings (SSSR count). The van der Waals surface area contributed by atoms with Crippen LogP contribution >= 0.6 is 12.2 Å². The Labute approximate surface area is 140 Å². The summed E-state index contributed by atoms with van der Waals surface area (Å²) in [6.07, 6.45) is 0.241. The lowest BCUT2D eigenvalue weighted by atomic mass is 10.1. The van der Waals surface area contributed by atoms with Crippen LogP contribution in [0.5, 0.6) is 0 Å². The molecule has 3 N–H and O–H groups in total. The van der Waals surface area contributed by atoms with Crippen LogP contribution in [-0.4, -0.2) is 16.8 Å². The number of anilines is 1. The lowest BCUT2D eigenvalue weighted by molar-refractivity contribution is -0.121. The quantitative estimate of drug-likeness (QED) is 0.447. The van der Waals surface area contributed by atoms with Crippen LogP contribution in [-0.2, 0) is 4.79 Å². The second-order valence-corrected chi connectivity index (χ2v) is 5.19. The lowest BCUT2D eigenvalue weighted by Gasteiger charge is -2.11. The zero-order valence-electron chi connectivity index (χ0n) is 12.4. The highest BCUT2D eigenvalue weighted by atomic mass is 32.1. The molecule has 0 atom stereocenters. The molecule has 1 amide bonds. The summed E-state index contributed by atoms with van der Waals surface area (Å²) in [4.78, 5) is 23.6. The van der Waals surface area contributed by atoms with E-state index in [0.29, 0.717) is 5.56 Å². The summed E-state index contributed by atoms with van der Waals surface area (Å²) in [5.41, 5.74) is 6.49. The summed E-state index contributed by atoms with van der Waals surface area (Å²) in [5.74, 6) is -0.364. The number of rotatable bonds is 5. The van der Waals surface area contributed by atoms with E-state index < -0.39 is 0 Å². The van der Waals surface area contributed by atoms with Crippen molar-refractivity contribution in [3.05, 3.63) is 66.2 Å². The number of carbonyl (C=O) groups excluding carboxylic acids is 2. The van der Waals surface area contributed by atoms with Crippen LogP contribution in [0.4, 0.5) is 5.69 Å². The first-order chi connectivity index (χ1) is 11.1. The first-order valence-electron chi connectivity index (χ1n) is 7.14. The molecule has 0 radical (unpaired) electrons. The Balaban J connectivity index is 1.69. The second kappa shape index (κ2) is 8.65. The lowest BCUT2D eigenvalue weighted by Crippen LogP contribution is -2.43. The molecular weight excluding hydrogens is 310 g/mol. The number of carbonyl (C=O) groups is 2. The number of amides is 1. The average Bonchev–Trinajstić information content (AvgIpc) is 2.59. The van der Waals surface area contributed by atoms with Gasteiger partial charge in [-0.15, -0.1) is 0 Å². The molecule has 2 aromatic rings. The van der Waals surface area contributed by atoms with Gasteiger partial charge in [0.25, 0.3) is 0 Å². The Morgan fingerprint density at radius 3 is 2.09 bits per heavy atom. The van der Waals surface area contributed by atoms with Gasteiger partial charge in [0.15, 0.2) is 10.9 Å². The Morgan fingerprint density at radius 2 is 1.43 bits per heavy atom. The monoisotopic (exact) mass is 327 g/mol. The smallest absolute Gasteiger partial charge is 0.238 e. The number of hydrazine groups is 1. The minimum Gasteiger partial charge on any atom is -0.331 e. The fourth-order valence-electron chi connectivity index (χ4n) is 1.87. The van der Waals surface area contributed by atoms with Crippen LogP contribution in [0, 0.1) is 0 Å². The molecule has 0 saturated heterocycles. The van der Waals surface area contributed by atoms with E-state index in [0.717, 1.165) is 5.69 Å². The summed E-state index contributed by atoms with van der Waals surface area (Å²) in [6.45, 7) is 0. The van der Waals surface area contributed by atoms with Crippen molar-refractivity contribution in [2.45, 2.75) is 12.8 Å². The summed E-state index contributed by atoms with van der Waals surface area (Å²) in [5, 5.41) is 3.20. The van der Waals surface area contributed by atoms with Crippen molar-refractivity contribution in [3.8, 4) is 0 Å². The minimum atomic E-state index is -0.300. The number of benzene rings is 2. The van der Waals surface area contributed by atoms with Gasteiger partial charge in [0, 0.05) is 24.1 Å². The molecule has 0 spiro atoms. The van der Waals surface area contributed by atoms with Crippen LogP contribution in [0.3, 0.4) is 0 Å². The Bertz CT molecular complexity index is 675. The van der Waals surface area contributed by atoms with Gasteiger partial charge in [-0.3, -0.25) is 20.4 Å². The molecule has 0 aliphatic rings. The predicted octanol–water partition coefficient (Wildman–Crippen LogP) is 2.67. The van der Waals surface area contributed by atoms with Crippen molar-refractivity contribution in [1.82, 2.24) is 10.9 Å². The highest BCUT2D eigenvalue weighted by Gasteiger charge is 2.09. The maximum Gasteiger partial charge on any atom is 0.238 e. The maximum absolute atomic E-state index is 11.9. The normalized spacial score (nSPS) is 9.74. The number of para-hydroxylation sites is 1. The van der Waals surface area contributed by atoms with Crippen molar-refractivity contribution in [1.29, 1.82) is 0 Å². The molecule has 118 valence electrons. The molecular formula is C17H17N3O2S. The van der Waals surface area contributed by atoms with Crippen LogP contribution in [0.1, 0.15) is 23.2 Å². The van der Waals surface area contributed by atoms with E-state index in [1.807, 2.05) is 36.4 Å². The molecule has 23 heavy (non-hydrogen) atoms. The SMILES string of the molecule is O=C(CCC(=O)c1ccccc1)NNC(=S)Nc1ccccc1. The molecule has 0 aliphatic heterocycles. The standard InChI is InChI=1S/C17H17N3O2S/c21-15(13-7-3-1-4-8-13)11-12-16(22)19-20-17(23)18-14-9-5-2-6-10-14/h1-10H,11-12H2,(H,19,22)(H2,18,20,23). The van der Waals surface area contributed by atoms with E-state index >= 15 is 0 Å². The van der Waals surface area contributed by atoms with Gasteiger partial charge in [0.05, 0.1) is 0 Å². The van der Waals surface area contributed by atoms with Crippen molar-refractivity contribution in [2.75, 3.05) is 5.32 Å². The Kier molecular flexibility index (Phi) is 6.26. The largest absolute Gasteiger partial charge is 0.331 e. The number of thiocarbonyl (C=S) groups is 1. The maximum atomic E-state index is 11.9. The molecule has 0 heterocycles. The molecule has 0 saturated carbocycles. The van der Waals surface area contributed by atoms with Gasteiger partial charge in [0.1, 0.15) is 0 Å².